The van der Waals surface area contributed by atoms with Crippen LogP contribution in [-0.2, 0) is 25.4 Å². The molecule has 0 aromatic heterocycles. The number of rotatable bonds is 7. The Hall–Kier alpha value is -2.04. The van der Waals surface area contributed by atoms with Gasteiger partial charge in [0, 0.05) is 6.92 Å². The monoisotopic (exact) mass is 322 g/mol. The van der Waals surface area contributed by atoms with Gasteiger partial charge in [-0.25, -0.2) is 4.79 Å². The van der Waals surface area contributed by atoms with Crippen molar-refractivity contribution in [3.63, 3.8) is 0 Å². The summed E-state index contributed by atoms with van der Waals surface area (Å²) in [5.41, 5.74) is 2.11. The molecule has 5 nitrogen and oxygen atoms in total. The number of carbonyl (C=O) groups excluding carboxylic acids is 2. The first-order valence-corrected chi connectivity index (χ1v) is 7.96. The van der Waals surface area contributed by atoms with Crippen LogP contribution in [0.5, 0.6) is 0 Å². The van der Waals surface area contributed by atoms with E-state index in [9.17, 15) is 9.59 Å². The number of hydrogen-bond donors (Lipinski definition) is 0. The van der Waals surface area contributed by atoms with Gasteiger partial charge in [0.05, 0.1) is 12.5 Å². The summed E-state index contributed by atoms with van der Waals surface area (Å²) < 4.78 is 14.6. The molecule has 1 aromatic rings. The molecule has 0 saturated carbocycles. The van der Waals surface area contributed by atoms with Gasteiger partial charge in [0.2, 0.25) is 6.29 Å². The fraction of sp³-hybridized carbons (Fsp3) is 0.556. The van der Waals surface area contributed by atoms with E-state index >= 15 is 0 Å². The van der Waals surface area contributed by atoms with Crippen LogP contribution in [0.3, 0.4) is 0 Å². The molecule has 0 bridgehead atoms. The first-order chi connectivity index (χ1) is 10.8. The van der Waals surface area contributed by atoms with E-state index in [0.29, 0.717) is 5.92 Å². The maximum Gasteiger partial charge on any atom is 0.511 e. The first-order valence-electron chi connectivity index (χ1n) is 7.96. The molecule has 1 rings (SSSR count). The molecular weight excluding hydrogens is 296 g/mol. The normalized spacial score (nSPS) is 13.3. The third kappa shape index (κ3) is 6.72. The maximum atomic E-state index is 12.1. The fourth-order valence-electron chi connectivity index (χ4n) is 2.13. The number of hydrogen-bond acceptors (Lipinski definition) is 5. The van der Waals surface area contributed by atoms with Crippen molar-refractivity contribution in [3.05, 3.63) is 35.4 Å². The van der Waals surface area contributed by atoms with Crippen LogP contribution in [0, 0.1) is 5.92 Å². The molecule has 0 spiro atoms. The summed E-state index contributed by atoms with van der Waals surface area (Å²) >= 11 is 0. The van der Waals surface area contributed by atoms with Gasteiger partial charge < -0.3 is 14.2 Å². The second-order valence-corrected chi connectivity index (χ2v) is 5.87. The molecule has 0 amide bonds. The fourth-order valence-corrected chi connectivity index (χ4v) is 2.13. The van der Waals surface area contributed by atoms with Crippen molar-refractivity contribution < 1.29 is 23.8 Å². The van der Waals surface area contributed by atoms with Crippen molar-refractivity contribution in [2.24, 2.45) is 5.92 Å². The van der Waals surface area contributed by atoms with E-state index < -0.39 is 24.3 Å². The van der Waals surface area contributed by atoms with E-state index in [4.69, 9.17) is 9.47 Å². The summed E-state index contributed by atoms with van der Waals surface area (Å²) in [5, 5.41) is 0. The van der Waals surface area contributed by atoms with Crippen LogP contribution in [0.2, 0.25) is 0 Å². The van der Waals surface area contributed by atoms with Gasteiger partial charge in [-0.1, -0.05) is 38.1 Å². The van der Waals surface area contributed by atoms with Gasteiger partial charge in [-0.15, -0.1) is 0 Å². The van der Waals surface area contributed by atoms with Crippen LogP contribution in [0.1, 0.15) is 51.7 Å². The maximum absolute atomic E-state index is 12.1. The minimum absolute atomic E-state index is 0.207. The van der Waals surface area contributed by atoms with Crippen LogP contribution >= 0.6 is 0 Å². The SMILES string of the molecule is CCOC(=O)O[C@@H](C)OC(=O)[C@@H](C)c1ccc(CC(C)C)cc1. The predicted octanol–water partition coefficient (Wildman–Crippen LogP) is 4.05. The molecule has 5 heteroatoms. The summed E-state index contributed by atoms with van der Waals surface area (Å²) in [6, 6.07) is 7.91. The van der Waals surface area contributed by atoms with Crippen LogP contribution < -0.4 is 0 Å². The number of esters is 1. The summed E-state index contributed by atoms with van der Waals surface area (Å²) in [5.74, 6) is -0.293. The van der Waals surface area contributed by atoms with Gasteiger partial charge in [0.1, 0.15) is 0 Å². The molecule has 0 fully saturated rings. The molecule has 0 saturated heterocycles. The average Bonchev–Trinajstić information content (AvgIpc) is 2.46. The Bertz CT molecular complexity index is 507. The Balaban J connectivity index is 2.57. The summed E-state index contributed by atoms with van der Waals surface area (Å²) in [7, 11) is 0. The molecular formula is C18H26O5. The molecule has 0 aliphatic carbocycles. The van der Waals surface area contributed by atoms with E-state index in [1.54, 1.807) is 13.8 Å². The van der Waals surface area contributed by atoms with Gasteiger partial charge in [0.15, 0.2) is 0 Å². The van der Waals surface area contributed by atoms with Crippen LogP contribution in [-0.4, -0.2) is 25.0 Å². The Morgan fingerprint density at radius 1 is 1.00 bits per heavy atom. The van der Waals surface area contributed by atoms with Crippen molar-refractivity contribution in [2.45, 2.75) is 53.2 Å². The molecule has 0 radical (unpaired) electrons. The van der Waals surface area contributed by atoms with Crippen LogP contribution in [0.15, 0.2) is 24.3 Å². The van der Waals surface area contributed by atoms with Gasteiger partial charge in [-0.2, -0.15) is 0 Å². The van der Waals surface area contributed by atoms with Crippen molar-refractivity contribution in [2.75, 3.05) is 6.61 Å². The lowest BCUT2D eigenvalue weighted by atomic mass is 9.97. The van der Waals surface area contributed by atoms with Crippen LogP contribution in [0.25, 0.3) is 0 Å². The average molecular weight is 322 g/mol. The van der Waals surface area contributed by atoms with E-state index in [-0.39, 0.29) is 6.61 Å². The van der Waals surface area contributed by atoms with E-state index in [1.807, 2.05) is 24.3 Å². The van der Waals surface area contributed by atoms with E-state index in [1.165, 1.54) is 12.5 Å². The Morgan fingerprint density at radius 3 is 2.13 bits per heavy atom. The van der Waals surface area contributed by atoms with Crippen molar-refractivity contribution in [1.29, 1.82) is 0 Å². The third-order valence-corrected chi connectivity index (χ3v) is 3.28. The van der Waals surface area contributed by atoms with E-state index in [2.05, 4.69) is 18.6 Å². The first kappa shape index (κ1) is 19.0. The lowest BCUT2D eigenvalue weighted by Gasteiger charge is -2.17. The van der Waals surface area contributed by atoms with Crippen LogP contribution in [0.4, 0.5) is 4.79 Å². The van der Waals surface area contributed by atoms with Gasteiger partial charge in [0.25, 0.3) is 0 Å². The van der Waals surface area contributed by atoms with Crippen molar-refractivity contribution in [3.8, 4) is 0 Å². The second-order valence-electron chi connectivity index (χ2n) is 5.87. The molecule has 0 unspecified atom stereocenters. The van der Waals surface area contributed by atoms with Gasteiger partial charge in [-0.3, -0.25) is 4.79 Å². The third-order valence-electron chi connectivity index (χ3n) is 3.28. The Morgan fingerprint density at radius 2 is 1.61 bits per heavy atom. The predicted molar refractivity (Wildman–Crippen MR) is 87.1 cm³/mol. The number of benzene rings is 1. The molecule has 2 atom stereocenters. The highest BCUT2D eigenvalue weighted by Gasteiger charge is 2.21. The standard InChI is InChI=1S/C18H26O5/c1-6-21-18(20)23-14(5)22-17(19)13(4)16-9-7-15(8-10-16)11-12(2)3/h7-10,12-14H,6,11H2,1-5H3/t13-,14-/m0/s1. The number of carbonyl (C=O) groups is 2. The highest BCUT2D eigenvalue weighted by molar-refractivity contribution is 5.77. The topological polar surface area (TPSA) is 61.8 Å². The molecule has 0 aliphatic heterocycles. The second kappa shape index (κ2) is 9.18. The van der Waals surface area contributed by atoms with Crippen molar-refractivity contribution >= 4 is 12.1 Å². The number of ether oxygens (including phenoxy) is 3. The highest BCUT2D eigenvalue weighted by atomic mass is 16.8. The molecule has 23 heavy (non-hydrogen) atoms. The zero-order chi connectivity index (χ0) is 17.4. The van der Waals surface area contributed by atoms with E-state index in [0.717, 1.165) is 12.0 Å². The molecule has 1 aromatic carbocycles. The highest BCUT2D eigenvalue weighted by Crippen LogP contribution is 2.19. The van der Waals surface area contributed by atoms with Gasteiger partial charge >= 0.3 is 12.1 Å². The zero-order valence-corrected chi connectivity index (χ0v) is 14.5. The van der Waals surface area contributed by atoms with Gasteiger partial charge in [-0.05, 0) is 37.3 Å². The minimum Gasteiger partial charge on any atom is -0.435 e. The Labute approximate surface area is 137 Å². The smallest absolute Gasteiger partial charge is 0.435 e. The summed E-state index contributed by atoms with van der Waals surface area (Å²) in [6.07, 6.45) is -0.827. The summed E-state index contributed by atoms with van der Waals surface area (Å²) in [6.45, 7) is 9.45. The minimum atomic E-state index is -0.982. The molecule has 0 heterocycles. The molecule has 0 aliphatic rings. The largest absolute Gasteiger partial charge is 0.511 e. The lowest BCUT2D eigenvalue weighted by molar-refractivity contribution is -0.169. The quantitative estimate of drug-likeness (QED) is 0.560. The van der Waals surface area contributed by atoms with Crippen molar-refractivity contribution in [1.82, 2.24) is 0 Å². The zero-order valence-electron chi connectivity index (χ0n) is 14.5. The summed E-state index contributed by atoms with van der Waals surface area (Å²) in [4.78, 5) is 23.3. The molecule has 0 N–H and O–H groups in total. The molecule has 128 valence electrons. The lowest BCUT2D eigenvalue weighted by Crippen LogP contribution is -2.24. The Kier molecular flexibility index (Phi) is 7.59.